The molecule has 0 saturated heterocycles. The monoisotopic (exact) mass is 250 g/mol. The van der Waals surface area contributed by atoms with Gasteiger partial charge in [0.05, 0.1) is 0 Å². The Kier molecular flexibility index (Phi) is 2.46. The normalized spacial score (nSPS) is 11.0. The molecule has 3 aromatic carbocycles. The maximum atomic E-state index is 9.80. The molecular weight excluding hydrogens is 236 g/mol. The lowest BCUT2D eigenvalue weighted by Crippen LogP contribution is -1.85. The Hall–Kier alpha value is -2.48. The van der Waals surface area contributed by atoms with Gasteiger partial charge in [-0.15, -0.1) is 0 Å². The molecule has 0 radical (unpaired) electrons. The van der Waals surface area contributed by atoms with Gasteiger partial charge in [0.2, 0.25) is 0 Å². The molecule has 0 aliphatic rings. The first-order chi connectivity index (χ1) is 9.11. The minimum absolute atomic E-state index is 0.234. The van der Waals surface area contributed by atoms with E-state index in [0.717, 1.165) is 32.7 Å². The Bertz CT molecular complexity index is 816. The van der Waals surface area contributed by atoms with Crippen LogP contribution in [0.3, 0.4) is 0 Å². The summed E-state index contributed by atoms with van der Waals surface area (Å²) in [6.45, 7) is 5.71. The number of aromatic hydroxyl groups is 2. The Labute approximate surface area is 111 Å². The number of fused-ring (bicyclic) bond motifs is 3. The molecule has 3 rings (SSSR count). The van der Waals surface area contributed by atoms with E-state index in [9.17, 15) is 10.2 Å². The van der Waals surface area contributed by atoms with Crippen LogP contribution in [-0.4, -0.2) is 10.2 Å². The fourth-order valence-electron chi connectivity index (χ4n) is 2.60. The van der Waals surface area contributed by atoms with E-state index in [2.05, 4.69) is 6.58 Å². The van der Waals surface area contributed by atoms with E-state index in [4.69, 9.17) is 0 Å². The zero-order chi connectivity index (χ0) is 13.6. The summed E-state index contributed by atoms with van der Waals surface area (Å²) in [7, 11) is 0. The molecular formula is C17H14O2. The van der Waals surface area contributed by atoms with Crippen molar-refractivity contribution in [2.24, 2.45) is 0 Å². The molecule has 0 saturated carbocycles. The van der Waals surface area contributed by atoms with Gasteiger partial charge < -0.3 is 10.2 Å². The quantitative estimate of drug-likeness (QED) is 0.630. The van der Waals surface area contributed by atoms with Gasteiger partial charge in [-0.1, -0.05) is 30.9 Å². The standard InChI is InChI=1S/C17H14O2/c1-3-11-8-13(18)9-12-4-5-14-10(2)16(19)7-6-15(14)17(11)12/h3-9,18-19H,1H2,2H3. The second kappa shape index (κ2) is 4.02. The molecule has 0 aliphatic heterocycles. The summed E-state index contributed by atoms with van der Waals surface area (Å²) in [5.41, 5.74) is 1.76. The van der Waals surface area contributed by atoms with Gasteiger partial charge in [-0.3, -0.25) is 0 Å². The van der Waals surface area contributed by atoms with Crippen molar-refractivity contribution in [3.63, 3.8) is 0 Å². The van der Waals surface area contributed by atoms with Crippen LogP contribution in [-0.2, 0) is 0 Å². The van der Waals surface area contributed by atoms with Crippen LogP contribution in [0.25, 0.3) is 27.6 Å². The van der Waals surface area contributed by atoms with Crippen LogP contribution in [0.1, 0.15) is 11.1 Å². The number of benzene rings is 3. The summed E-state index contributed by atoms with van der Waals surface area (Å²) < 4.78 is 0. The van der Waals surface area contributed by atoms with E-state index in [-0.39, 0.29) is 5.75 Å². The number of hydrogen-bond donors (Lipinski definition) is 2. The summed E-state index contributed by atoms with van der Waals surface area (Å²) in [6, 6.07) is 11.0. The molecule has 0 amide bonds. The average Bonchev–Trinajstić information content (AvgIpc) is 2.41. The molecule has 2 nitrogen and oxygen atoms in total. The third-order valence-electron chi connectivity index (χ3n) is 3.59. The van der Waals surface area contributed by atoms with Crippen LogP contribution in [0, 0.1) is 6.92 Å². The average molecular weight is 250 g/mol. The van der Waals surface area contributed by atoms with Crippen molar-refractivity contribution in [2.45, 2.75) is 6.92 Å². The largest absolute Gasteiger partial charge is 0.508 e. The highest BCUT2D eigenvalue weighted by atomic mass is 16.3. The van der Waals surface area contributed by atoms with Gasteiger partial charge in [0.1, 0.15) is 11.5 Å². The van der Waals surface area contributed by atoms with Gasteiger partial charge in [-0.25, -0.2) is 0 Å². The fraction of sp³-hybridized carbons (Fsp3) is 0.0588. The minimum atomic E-state index is 0.234. The number of phenolic OH excluding ortho intramolecular Hbond substituents is 2. The summed E-state index contributed by atoms with van der Waals surface area (Å²) in [4.78, 5) is 0. The first-order valence-electron chi connectivity index (χ1n) is 6.12. The topological polar surface area (TPSA) is 40.5 Å². The lowest BCUT2D eigenvalue weighted by molar-refractivity contribution is 0.472. The maximum Gasteiger partial charge on any atom is 0.119 e. The smallest absolute Gasteiger partial charge is 0.119 e. The first-order valence-corrected chi connectivity index (χ1v) is 6.12. The van der Waals surface area contributed by atoms with Crippen LogP contribution in [0.15, 0.2) is 43.0 Å². The van der Waals surface area contributed by atoms with Crippen molar-refractivity contribution in [1.82, 2.24) is 0 Å². The molecule has 2 N–H and O–H groups in total. The van der Waals surface area contributed by atoms with E-state index >= 15 is 0 Å². The van der Waals surface area contributed by atoms with Crippen LogP contribution in [0.5, 0.6) is 11.5 Å². The second-order valence-corrected chi connectivity index (χ2v) is 4.71. The zero-order valence-corrected chi connectivity index (χ0v) is 10.6. The Morgan fingerprint density at radius 3 is 2.47 bits per heavy atom. The molecule has 0 fully saturated rings. The van der Waals surface area contributed by atoms with Crippen LogP contribution >= 0.6 is 0 Å². The van der Waals surface area contributed by atoms with Crippen LogP contribution < -0.4 is 0 Å². The maximum absolute atomic E-state index is 9.80. The summed E-state index contributed by atoms with van der Waals surface area (Å²) in [5.74, 6) is 0.531. The Morgan fingerprint density at radius 2 is 1.74 bits per heavy atom. The predicted molar refractivity (Wildman–Crippen MR) is 79.6 cm³/mol. The van der Waals surface area contributed by atoms with E-state index in [0.29, 0.717) is 5.75 Å². The van der Waals surface area contributed by atoms with Crippen LogP contribution in [0.2, 0.25) is 0 Å². The molecule has 0 heterocycles. The van der Waals surface area contributed by atoms with Gasteiger partial charge in [0, 0.05) is 0 Å². The molecule has 19 heavy (non-hydrogen) atoms. The number of phenols is 2. The van der Waals surface area contributed by atoms with Gasteiger partial charge in [-0.05, 0) is 57.8 Å². The Morgan fingerprint density at radius 1 is 1.00 bits per heavy atom. The Balaban J connectivity index is 2.59. The van der Waals surface area contributed by atoms with Crippen molar-refractivity contribution in [3.8, 4) is 11.5 Å². The molecule has 0 spiro atoms. The van der Waals surface area contributed by atoms with Crippen molar-refractivity contribution in [1.29, 1.82) is 0 Å². The minimum Gasteiger partial charge on any atom is -0.508 e. The molecule has 3 aromatic rings. The number of hydrogen-bond acceptors (Lipinski definition) is 2. The van der Waals surface area contributed by atoms with E-state index in [1.165, 1.54) is 0 Å². The molecule has 2 heteroatoms. The second-order valence-electron chi connectivity index (χ2n) is 4.71. The number of aryl methyl sites for hydroxylation is 1. The van der Waals surface area contributed by atoms with E-state index in [1.54, 1.807) is 24.3 Å². The van der Waals surface area contributed by atoms with Crippen molar-refractivity contribution in [2.75, 3.05) is 0 Å². The SMILES string of the molecule is C=Cc1cc(O)cc2ccc3c(C)c(O)ccc3c12. The zero-order valence-electron chi connectivity index (χ0n) is 10.6. The molecule has 0 aromatic heterocycles. The number of rotatable bonds is 1. The third kappa shape index (κ3) is 1.65. The third-order valence-corrected chi connectivity index (χ3v) is 3.59. The molecule has 94 valence electrons. The molecule has 0 bridgehead atoms. The lowest BCUT2D eigenvalue weighted by atomic mass is 9.95. The fourth-order valence-corrected chi connectivity index (χ4v) is 2.60. The van der Waals surface area contributed by atoms with Crippen molar-refractivity contribution in [3.05, 3.63) is 54.1 Å². The van der Waals surface area contributed by atoms with Crippen LogP contribution in [0.4, 0.5) is 0 Å². The molecule has 0 unspecified atom stereocenters. The first kappa shape index (κ1) is 11.6. The van der Waals surface area contributed by atoms with Gasteiger partial charge in [0.15, 0.2) is 0 Å². The van der Waals surface area contributed by atoms with Crippen molar-refractivity contribution >= 4 is 27.6 Å². The summed E-state index contributed by atoms with van der Waals surface area (Å²) in [6.07, 6.45) is 1.74. The van der Waals surface area contributed by atoms with Gasteiger partial charge in [-0.2, -0.15) is 0 Å². The predicted octanol–water partition coefficient (Wildman–Crippen LogP) is 4.36. The highest BCUT2D eigenvalue weighted by molar-refractivity contribution is 6.12. The van der Waals surface area contributed by atoms with E-state index in [1.807, 2.05) is 25.1 Å². The van der Waals surface area contributed by atoms with Gasteiger partial charge in [0.25, 0.3) is 0 Å². The summed E-state index contributed by atoms with van der Waals surface area (Å²) in [5, 5.41) is 23.6. The highest BCUT2D eigenvalue weighted by Crippen LogP contribution is 2.35. The van der Waals surface area contributed by atoms with E-state index < -0.39 is 0 Å². The van der Waals surface area contributed by atoms with Crippen molar-refractivity contribution < 1.29 is 10.2 Å². The molecule has 0 aliphatic carbocycles. The van der Waals surface area contributed by atoms with Gasteiger partial charge >= 0.3 is 0 Å². The highest BCUT2D eigenvalue weighted by Gasteiger charge is 2.09. The lowest BCUT2D eigenvalue weighted by Gasteiger charge is -2.11. The summed E-state index contributed by atoms with van der Waals surface area (Å²) >= 11 is 0. The molecule has 0 atom stereocenters.